The van der Waals surface area contributed by atoms with E-state index >= 15 is 0 Å². The molecule has 0 bridgehead atoms. The molecule has 0 unspecified atom stereocenters. The van der Waals surface area contributed by atoms with Gasteiger partial charge in [-0.25, -0.2) is 0 Å². The summed E-state index contributed by atoms with van der Waals surface area (Å²) in [5.74, 6) is 1.39. The second-order valence-corrected chi connectivity index (χ2v) is 6.57. The van der Waals surface area contributed by atoms with Crippen LogP contribution in [0, 0.1) is 11.3 Å². The molecule has 0 heterocycles. The lowest BCUT2D eigenvalue weighted by atomic mass is 10.1. The Hall–Kier alpha value is -3.63. The summed E-state index contributed by atoms with van der Waals surface area (Å²) < 4.78 is 21.3. The highest BCUT2D eigenvalue weighted by molar-refractivity contribution is 6.32. The monoisotopic (exact) mass is 442 g/mol. The van der Waals surface area contributed by atoms with Crippen LogP contribution in [0.2, 0.25) is 5.02 Å². The average Bonchev–Trinajstić information content (AvgIpc) is 2.79. The second kappa shape index (κ2) is 11.5. The van der Waals surface area contributed by atoms with Crippen LogP contribution in [0.15, 0.2) is 48.6 Å². The number of amides is 1. The lowest BCUT2D eigenvalue weighted by Gasteiger charge is -2.12. The Kier molecular flexibility index (Phi) is 8.79. The maximum atomic E-state index is 12.6. The number of benzene rings is 2. The fraction of sp³-hybridized carbons (Fsp3) is 0.217. The molecular formula is C23H23ClN2O5. The molecule has 2 aromatic carbocycles. The van der Waals surface area contributed by atoms with Crippen LogP contribution < -0.4 is 24.3 Å². The molecular weight excluding hydrogens is 420 g/mol. The Morgan fingerprint density at radius 1 is 1.16 bits per heavy atom. The molecule has 0 spiro atoms. The standard InChI is InChI=1S/C23H23ClN2O5/c1-5-8-31-22-19(24)10-15(11-21(22)30-4)9-17(13-25)23(27)26-14-16-6-7-18(28-2)12-20(16)29-3/h5-7,9-12H,1,8,14H2,2-4H3,(H,26,27)/b17-9+. The van der Waals surface area contributed by atoms with E-state index in [1.165, 1.54) is 20.3 Å². The van der Waals surface area contributed by atoms with Gasteiger partial charge in [0.1, 0.15) is 29.7 Å². The first-order chi connectivity index (χ1) is 15.0. The Bertz CT molecular complexity index is 1030. The third-order valence-corrected chi connectivity index (χ3v) is 4.49. The summed E-state index contributed by atoms with van der Waals surface area (Å²) in [6.07, 6.45) is 3.01. The van der Waals surface area contributed by atoms with Crippen molar-refractivity contribution in [3.05, 3.63) is 64.7 Å². The summed E-state index contributed by atoms with van der Waals surface area (Å²) in [4.78, 5) is 12.6. The largest absolute Gasteiger partial charge is 0.497 e. The number of nitriles is 1. The van der Waals surface area contributed by atoms with Crippen molar-refractivity contribution in [2.75, 3.05) is 27.9 Å². The topological polar surface area (TPSA) is 89.8 Å². The van der Waals surface area contributed by atoms with Crippen molar-refractivity contribution in [2.45, 2.75) is 6.54 Å². The van der Waals surface area contributed by atoms with Crippen LogP contribution in [0.1, 0.15) is 11.1 Å². The SMILES string of the molecule is C=CCOc1c(Cl)cc(/C=C(\C#N)C(=O)NCc2ccc(OC)cc2OC)cc1OC. The predicted octanol–water partition coefficient (Wildman–Crippen LogP) is 4.15. The molecule has 1 amide bonds. The molecule has 1 N–H and O–H groups in total. The van der Waals surface area contributed by atoms with Crippen LogP contribution in [0.4, 0.5) is 0 Å². The summed E-state index contributed by atoms with van der Waals surface area (Å²) in [6.45, 7) is 4.02. The Labute approximate surface area is 186 Å². The average molecular weight is 443 g/mol. The summed E-state index contributed by atoms with van der Waals surface area (Å²) >= 11 is 6.28. The van der Waals surface area contributed by atoms with Crippen LogP contribution in [-0.2, 0) is 11.3 Å². The number of carbonyl (C=O) groups excluding carboxylic acids is 1. The molecule has 8 heteroatoms. The van der Waals surface area contributed by atoms with Crippen molar-refractivity contribution < 1.29 is 23.7 Å². The summed E-state index contributed by atoms with van der Waals surface area (Å²) in [5, 5.41) is 12.5. The molecule has 0 atom stereocenters. The molecule has 0 saturated carbocycles. The fourth-order valence-corrected chi connectivity index (χ4v) is 2.96. The van der Waals surface area contributed by atoms with E-state index < -0.39 is 5.91 Å². The number of halogens is 1. The van der Waals surface area contributed by atoms with Gasteiger partial charge >= 0.3 is 0 Å². The smallest absolute Gasteiger partial charge is 0.262 e. The van der Waals surface area contributed by atoms with Crippen LogP contribution in [0.25, 0.3) is 6.08 Å². The van der Waals surface area contributed by atoms with Gasteiger partial charge in [0.15, 0.2) is 11.5 Å². The predicted molar refractivity (Wildman–Crippen MR) is 119 cm³/mol. The molecule has 7 nitrogen and oxygen atoms in total. The molecule has 2 rings (SSSR count). The van der Waals surface area contributed by atoms with E-state index in [0.717, 1.165) is 5.56 Å². The molecule has 0 saturated heterocycles. The van der Waals surface area contributed by atoms with Crippen molar-refractivity contribution in [1.82, 2.24) is 5.32 Å². The van der Waals surface area contributed by atoms with Crippen molar-refractivity contribution in [3.63, 3.8) is 0 Å². The quantitative estimate of drug-likeness (QED) is 0.337. The van der Waals surface area contributed by atoms with E-state index in [4.69, 9.17) is 30.5 Å². The van der Waals surface area contributed by atoms with E-state index in [0.29, 0.717) is 28.6 Å². The summed E-state index contributed by atoms with van der Waals surface area (Å²) in [7, 11) is 4.56. The van der Waals surface area contributed by atoms with Gasteiger partial charge in [0, 0.05) is 18.2 Å². The number of hydrogen-bond acceptors (Lipinski definition) is 6. The van der Waals surface area contributed by atoms with Gasteiger partial charge < -0.3 is 24.3 Å². The van der Waals surface area contributed by atoms with Gasteiger partial charge in [0.05, 0.1) is 26.4 Å². The highest BCUT2D eigenvalue weighted by Crippen LogP contribution is 2.37. The van der Waals surface area contributed by atoms with Crippen molar-refractivity contribution in [1.29, 1.82) is 5.26 Å². The normalized spacial score (nSPS) is 10.6. The number of hydrogen-bond donors (Lipinski definition) is 1. The summed E-state index contributed by atoms with van der Waals surface area (Å²) in [6, 6.07) is 10.4. The minimum Gasteiger partial charge on any atom is -0.497 e. The second-order valence-electron chi connectivity index (χ2n) is 6.16. The van der Waals surface area contributed by atoms with Gasteiger partial charge in [-0.15, -0.1) is 0 Å². The number of nitrogens with zero attached hydrogens (tertiary/aromatic N) is 1. The van der Waals surface area contributed by atoms with Gasteiger partial charge in [0.25, 0.3) is 5.91 Å². The Morgan fingerprint density at radius 2 is 1.90 bits per heavy atom. The van der Waals surface area contributed by atoms with Crippen molar-refractivity contribution >= 4 is 23.6 Å². The molecule has 0 aromatic heterocycles. The molecule has 162 valence electrons. The third kappa shape index (κ3) is 6.17. The van der Waals surface area contributed by atoms with Crippen LogP contribution in [-0.4, -0.2) is 33.8 Å². The molecule has 0 aliphatic rings. The van der Waals surface area contributed by atoms with E-state index in [2.05, 4.69) is 11.9 Å². The first-order valence-electron chi connectivity index (χ1n) is 9.19. The first kappa shape index (κ1) is 23.6. The minimum absolute atomic E-state index is 0.0923. The zero-order chi connectivity index (χ0) is 22.8. The van der Waals surface area contributed by atoms with Crippen LogP contribution >= 0.6 is 11.6 Å². The van der Waals surface area contributed by atoms with Gasteiger partial charge in [-0.05, 0) is 35.9 Å². The lowest BCUT2D eigenvalue weighted by Crippen LogP contribution is -2.24. The Balaban J connectivity index is 2.22. The zero-order valence-electron chi connectivity index (χ0n) is 17.5. The molecule has 0 radical (unpaired) electrons. The lowest BCUT2D eigenvalue weighted by molar-refractivity contribution is -0.117. The number of nitrogens with one attached hydrogen (secondary N) is 1. The number of carbonyl (C=O) groups is 1. The van der Waals surface area contributed by atoms with Gasteiger partial charge in [-0.3, -0.25) is 4.79 Å². The zero-order valence-corrected chi connectivity index (χ0v) is 18.3. The highest BCUT2D eigenvalue weighted by Gasteiger charge is 2.14. The Morgan fingerprint density at radius 3 is 2.52 bits per heavy atom. The van der Waals surface area contributed by atoms with Gasteiger partial charge in [-0.1, -0.05) is 24.3 Å². The summed E-state index contributed by atoms with van der Waals surface area (Å²) in [5.41, 5.74) is 1.16. The van der Waals surface area contributed by atoms with Crippen LogP contribution in [0.5, 0.6) is 23.0 Å². The van der Waals surface area contributed by atoms with Crippen LogP contribution in [0.3, 0.4) is 0 Å². The van der Waals surface area contributed by atoms with Gasteiger partial charge in [-0.2, -0.15) is 5.26 Å². The maximum absolute atomic E-state index is 12.6. The van der Waals surface area contributed by atoms with Crippen molar-refractivity contribution in [2.24, 2.45) is 0 Å². The van der Waals surface area contributed by atoms with Gasteiger partial charge in [0.2, 0.25) is 0 Å². The third-order valence-electron chi connectivity index (χ3n) is 4.21. The molecule has 0 aliphatic heterocycles. The number of ether oxygens (including phenoxy) is 4. The van der Waals surface area contributed by atoms with E-state index in [1.54, 1.807) is 43.5 Å². The van der Waals surface area contributed by atoms with E-state index in [1.807, 2.05) is 6.07 Å². The van der Waals surface area contributed by atoms with Crippen molar-refractivity contribution in [3.8, 4) is 29.1 Å². The fourth-order valence-electron chi connectivity index (χ4n) is 2.69. The van der Waals surface area contributed by atoms with E-state index in [9.17, 15) is 10.1 Å². The molecule has 31 heavy (non-hydrogen) atoms. The van der Waals surface area contributed by atoms with E-state index in [-0.39, 0.29) is 23.7 Å². The first-order valence-corrected chi connectivity index (χ1v) is 9.57. The molecule has 2 aromatic rings. The maximum Gasteiger partial charge on any atom is 0.262 e. The number of methoxy groups -OCH3 is 3. The minimum atomic E-state index is -0.539. The number of rotatable bonds is 10. The molecule has 0 aliphatic carbocycles. The molecule has 0 fully saturated rings. The highest BCUT2D eigenvalue weighted by atomic mass is 35.5.